The Morgan fingerprint density at radius 1 is 1.00 bits per heavy atom. The molecule has 0 atom stereocenters. The van der Waals surface area contributed by atoms with E-state index in [0.29, 0.717) is 28.9 Å². The highest BCUT2D eigenvalue weighted by Crippen LogP contribution is 2.26. The van der Waals surface area contributed by atoms with E-state index in [4.69, 9.17) is 0 Å². The second-order valence-corrected chi connectivity index (χ2v) is 4.72. The lowest BCUT2D eigenvalue weighted by molar-refractivity contribution is 0.0880. The maximum absolute atomic E-state index is 11.8. The predicted molar refractivity (Wildman–Crippen MR) is 75.3 cm³/mol. The molecule has 0 spiro atoms. The number of carbonyl (C=O) groups excluding carboxylic acids is 2. The van der Waals surface area contributed by atoms with Gasteiger partial charge < -0.3 is 15.5 Å². The van der Waals surface area contributed by atoms with E-state index in [1.165, 1.54) is 18.2 Å². The number of carbonyl (C=O) groups is 2. The number of nitrogens with one attached hydrogen (secondary N) is 2. The van der Waals surface area contributed by atoms with Crippen molar-refractivity contribution in [1.82, 2.24) is 5.32 Å². The first-order valence-corrected chi connectivity index (χ1v) is 6.29. The third-order valence-corrected chi connectivity index (χ3v) is 3.21. The molecular formula is C15H12N2O4. The molecule has 1 aliphatic heterocycles. The zero-order valence-corrected chi connectivity index (χ0v) is 10.9. The number of phenols is 2. The number of amides is 2. The minimum absolute atomic E-state index is 0.0435. The first-order chi connectivity index (χ1) is 10.0. The number of rotatable bonds is 3. The number of phenolic OH excluding ortho intramolecular Hbond substituents is 2. The van der Waals surface area contributed by atoms with Gasteiger partial charge in [-0.15, -0.1) is 0 Å². The first kappa shape index (κ1) is 13.0. The van der Waals surface area contributed by atoms with Gasteiger partial charge in [0, 0.05) is 18.3 Å². The van der Waals surface area contributed by atoms with Crippen molar-refractivity contribution >= 4 is 17.5 Å². The number of hydrogen-bond donors (Lipinski definition) is 4. The van der Waals surface area contributed by atoms with Crippen LogP contribution in [0.5, 0.6) is 11.5 Å². The first-order valence-electron chi connectivity index (χ1n) is 6.29. The molecule has 4 N–H and O–H groups in total. The molecule has 2 amide bonds. The number of hydrogen-bond acceptors (Lipinski definition) is 5. The van der Waals surface area contributed by atoms with Crippen molar-refractivity contribution in [1.29, 1.82) is 0 Å². The summed E-state index contributed by atoms with van der Waals surface area (Å²) in [7, 11) is 0. The van der Waals surface area contributed by atoms with Crippen molar-refractivity contribution in [3.8, 4) is 11.5 Å². The largest absolute Gasteiger partial charge is 0.508 e. The van der Waals surface area contributed by atoms with E-state index in [-0.39, 0.29) is 11.5 Å². The van der Waals surface area contributed by atoms with Crippen molar-refractivity contribution in [3.63, 3.8) is 0 Å². The molecule has 0 saturated heterocycles. The summed E-state index contributed by atoms with van der Waals surface area (Å²) in [6, 6.07) is 9.19. The van der Waals surface area contributed by atoms with Gasteiger partial charge in [0.25, 0.3) is 11.8 Å². The average molecular weight is 284 g/mol. The zero-order valence-electron chi connectivity index (χ0n) is 10.9. The van der Waals surface area contributed by atoms with E-state index in [2.05, 4.69) is 10.6 Å². The predicted octanol–water partition coefficient (Wildman–Crippen LogP) is 1.59. The Morgan fingerprint density at radius 3 is 2.43 bits per heavy atom. The Balaban J connectivity index is 1.87. The van der Waals surface area contributed by atoms with Crippen LogP contribution in [-0.4, -0.2) is 22.0 Å². The topological polar surface area (TPSA) is 98.7 Å². The van der Waals surface area contributed by atoms with Gasteiger partial charge in [0.15, 0.2) is 0 Å². The second-order valence-electron chi connectivity index (χ2n) is 4.72. The molecule has 2 aromatic rings. The minimum Gasteiger partial charge on any atom is -0.508 e. The maximum atomic E-state index is 11.8. The maximum Gasteiger partial charge on any atom is 0.261 e. The van der Waals surface area contributed by atoms with Gasteiger partial charge in [0.1, 0.15) is 11.5 Å². The van der Waals surface area contributed by atoms with Crippen LogP contribution in [0, 0.1) is 0 Å². The minimum atomic E-state index is -0.433. The van der Waals surface area contributed by atoms with Crippen LogP contribution in [0.3, 0.4) is 0 Å². The summed E-state index contributed by atoms with van der Waals surface area (Å²) >= 11 is 0. The van der Waals surface area contributed by atoms with Gasteiger partial charge in [-0.25, -0.2) is 0 Å². The number of imide groups is 1. The molecule has 0 radical (unpaired) electrons. The van der Waals surface area contributed by atoms with Crippen LogP contribution < -0.4 is 10.6 Å². The lowest BCUT2D eigenvalue weighted by Gasteiger charge is -2.10. The summed E-state index contributed by atoms with van der Waals surface area (Å²) in [6.07, 6.45) is 0. The van der Waals surface area contributed by atoms with E-state index in [1.807, 2.05) is 0 Å². The molecule has 0 bridgehead atoms. The highest BCUT2D eigenvalue weighted by molar-refractivity contribution is 6.23. The fourth-order valence-electron chi connectivity index (χ4n) is 2.32. The lowest BCUT2D eigenvalue weighted by atomic mass is 10.1. The number of aromatic hydroxyl groups is 2. The van der Waals surface area contributed by atoms with Gasteiger partial charge in [-0.1, -0.05) is 6.07 Å². The fourth-order valence-corrected chi connectivity index (χ4v) is 2.32. The van der Waals surface area contributed by atoms with Crippen LogP contribution in [-0.2, 0) is 6.54 Å². The van der Waals surface area contributed by atoms with E-state index in [0.717, 1.165) is 0 Å². The van der Waals surface area contributed by atoms with Crippen molar-refractivity contribution in [3.05, 3.63) is 53.1 Å². The molecule has 0 fully saturated rings. The molecule has 0 unspecified atom stereocenters. The summed E-state index contributed by atoms with van der Waals surface area (Å²) < 4.78 is 0. The standard InChI is InChI=1S/C15H12N2O4/c18-9-4-8(5-10(19)6-9)7-16-12-3-1-2-11-13(12)15(21)17-14(11)20/h1-6,16,18-19H,7H2,(H,17,20,21). The van der Waals surface area contributed by atoms with Gasteiger partial charge in [-0.05, 0) is 29.8 Å². The van der Waals surface area contributed by atoms with Crippen LogP contribution in [0.15, 0.2) is 36.4 Å². The molecule has 6 nitrogen and oxygen atoms in total. The van der Waals surface area contributed by atoms with Crippen LogP contribution in [0.2, 0.25) is 0 Å². The number of anilines is 1. The van der Waals surface area contributed by atoms with Crippen LogP contribution in [0.4, 0.5) is 5.69 Å². The fraction of sp³-hybridized carbons (Fsp3) is 0.0667. The van der Waals surface area contributed by atoms with Crippen LogP contribution in [0.1, 0.15) is 26.3 Å². The van der Waals surface area contributed by atoms with E-state index in [1.54, 1.807) is 18.2 Å². The van der Waals surface area contributed by atoms with Gasteiger partial charge in [0.2, 0.25) is 0 Å². The van der Waals surface area contributed by atoms with E-state index < -0.39 is 11.8 Å². The Labute approximate surface area is 120 Å². The van der Waals surface area contributed by atoms with Crippen molar-refractivity contribution < 1.29 is 19.8 Å². The molecule has 0 aromatic heterocycles. The van der Waals surface area contributed by atoms with Crippen molar-refractivity contribution in [2.45, 2.75) is 6.54 Å². The lowest BCUT2D eigenvalue weighted by Crippen LogP contribution is -2.20. The Bertz CT molecular complexity index is 735. The SMILES string of the molecule is O=C1NC(=O)c2c(NCc3cc(O)cc(O)c3)cccc21. The molecule has 0 aliphatic carbocycles. The Hall–Kier alpha value is -3.02. The molecule has 1 aliphatic rings. The number of fused-ring (bicyclic) bond motifs is 1. The average Bonchev–Trinajstić information content (AvgIpc) is 2.71. The molecule has 21 heavy (non-hydrogen) atoms. The third-order valence-electron chi connectivity index (χ3n) is 3.21. The van der Waals surface area contributed by atoms with Gasteiger partial charge in [-0.2, -0.15) is 0 Å². The summed E-state index contributed by atoms with van der Waals surface area (Å²) in [4.78, 5) is 23.3. The van der Waals surface area contributed by atoms with Gasteiger partial charge >= 0.3 is 0 Å². The molecular weight excluding hydrogens is 272 g/mol. The zero-order chi connectivity index (χ0) is 15.0. The third kappa shape index (κ3) is 2.38. The summed E-state index contributed by atoms with van der Waals surface area (Å²) in [5.41, 5.74) is 1.82. The van der Waals surface area contributed by atoms with Crippen LogP contribution >= 0.6 is 0 Å². The monoisotopic (exact) mass is 284 g/mol. The Kier molecular flexibility index (Phi) is 2.98. The van der Waals surface area contributed by atoms with Gasteiger partial charge in [0.05, 0.1) is 11.1 Å². The quantitative estimate of drug-likeness (QED) is 0.642. The Morgan fingerprint density at radius 2 is 1.71 bits per heavy atom. The molecule has 6 heteroatoms. The smallest absolute Gasteiger partial charge is 0.261 e. The molecule has 2 aromatic carbocycles. The summed E-state index contributed by atoms with van der Waals surface area (Å²) in [5, 5.41) is 24.1. The van der Waals surface area contributed by atoms with E-state index in [9.17, 15) is 19.8 Å². The molecule has 1 heterocycles. The van der Waals surface area contributed by atoms with Crippen LogP contribution in [0.25, 0.3) is 0 Å². The summed E-state index contributed by atoms with van der Waals surface area (Å²) in [5.74, 6) is -0.929. The highest BCUT2D eigenvalue weighted by atomic mass is 16.3. The highest BCUT2D eigenvalue weighted by Gasteiger charge is 2.29. The van der Waals surface area contributed by atoms with Gasteiger partial charge in [-0.3, -0.25) is 14.9 Å². The second kappa shape index (κ2) is 4.82. The van der Waals surface area contributed by atoms with E-state index >= 15 is 0 Å². The normalized spacial score (nSPS) is 13.0. The van der Waals surface area contributed by atoms with Crippen molar-refractivity contribution in [2.24, 2.45) is 0 Å². The molecule has 106 valence electrons. The molecule has 3 rings (SSSR count). The summed E-state index contributed by atoms with van der Waals surface area (Å²) in [6.45, 7) is 0.292. The van der Waals surface area contributed by atoms with Crippen molar-refractivity contribution in [2.75, 3.05) is 5.32 Å². The number of benzene rings is 2. The molecule has 0 saturated carbocycles.